The van der Waals surface area contributed by atoms with Crippen LogP contribution in [-0.2, 0) is 9.53 Å². The van der Waals surface area contributed by atoms with Crippen LogP contribution in [0.1, 0.15) is 45.4 Å². The van der Waals surface area contributed by atoms with Crippen molar-refractivity contribution < 1.29 is 9.53 Å². The van der Waals surface area contributed by atoms with Crippen LogP contribution < -0.4 is 5.32 Å². The van der Waals surface area contributed by atoms with Gasteiger partial charge >= 0.3 is 0 Å². The van der Waals surface area contributed by atoms with E-state index in [2.05, 4.69) is 17.1 Å². The summed E-state index contributed by atoms with van der Waals surface area (Å²) in [6.45, 7) is 4.69. The lowest BCUT2D eigenvalue weighted by atomic mass is 10.0. The molecule has 2 heterocycles. The fraction of sp³-hybridized carbons (Fsp3) is 0.933. The summed E-state index contributed by atoms with van der Waals surface area (Å²) in [5.41, 5.74) is 0. The van der Waals surface area contributed by atoms with Gasteiger partial charge in [-0.25, -0.2) is 0 Å². The van der Waals surface area contributed by atoms with E-state index in [4.69, 9.17) is 4.74 Å². The molecule has 3 unspecified atom stereocenters. The molecule has 0 bridgehead atoms. The Kier molecular flexibility index (Phi) is 4.08. The van der Waals surface area contributed by atoms with Gasteiger partial charge in [0, 0.05) is 19.1 Å². The second-order valence-electron chi connectivity index (χ2n) is 6.34. The SMILES string of the molecule is CCC1NC(C2CCCC2)N(CC2CCOC2)C1=O. The Hall–Kier alpha value is -0.610. The Morgan fingerprint density at radius 3 is 2.74 bits per heavy atom. The Balaban J connectivity index is 1.69. The molecule has 0 aromatic rings. The molecule has 1 N–H and O–H groups in total. The first-order valence-corrected chi connectivity index (χ1v) is 7.94. The predicted octanol–water partition coefficient (Wildman–Crippen LogP) is 1.75. The van der Waals surface area contributed by atoms with Crippen molar-refractivity contribution in [3.05, 3.63) is 0 Å². The molecule has 4 heteroatoms. The van der Waals surface area contributed by atoms with Gasteiger partial charge in [0.2, 0.25) is 5.91 Å². The highest BCUT2D eigenvalue weighted by Gasteiger charge is 2.43. The quantitative estimate of drug-likeness (QED) is 0.843. The molecule has 0 radical (unpaired) electrons. The lowest BCUT2D eigenvalue weighted by molar-refractivity contribution is -0.131. The van der Waals surface area contributed by atoms with Gasteiger partial charge in [-0.2, -0.15) is 0 Å². The summed E-state index contributed by atoms with van der Waals surface area (Å²) in [6, 6.07) is 0.0490. The Bertz CT molecular complexity index is 322. The maximum atomic E-state index is 12.5. The summed E-state index contributed by atoms with van der Waals surface area (Å²) in [6.07, 6.45) is 7.51. The number of rotatable bonds is 4. The summed E-state index contributed by atoms with van der Waals surface area (Å²) >= 11 is 0. The normalized spacial score (nSPS) is 36.6. The van der Waals surface area contributed by atoms with Gasteiger partial charge in [0.25, 0.3) is 0 Å². The number of nitrogens with zero attached hydrogens (tertiary/aromatic N) is 1. The van der Waals surface area contributed by atoms with Crippen molar-refractivity contribution >= 4 is 5.91 Å². The van der Waals surface area contributed by atoms with Crippen LogP contribution in [0, 0.1) is 11.8 Å². The van der Waals surface area contributed by atoms with Crippen LogP contribution in [0.3, 0.4) is 0 Å². The highest BCUT2D eigenvalue weighted by atomic mass is 16.5. The fourth-order valence-electron chi connectivity index (χ4n) is 3.87. The van der Waals surface area contributed by atoms with Crippen molar-refractivity contribution in [1.82, 2.24) is 10.2 Å². The van der Waals surface area contributed by atoms with E-state index in [1.807, 2.05) is 0 Å². The van der Waals surface area contributed by atoms with Gasteiger partial charge in [-0.3, -0.25) is 10.1 Å². The average molecular weight is 266 g/mol. The molecule has 0 aromatic heterocycles. The lowest BCUT2D eigenvalue weighted by Crippen LogP contribution is -2.44. The van der Waals surface area contributed by atoms with Crippen LogP contribution >= 0.6 is 0 Å². The van der Waals surface area contributed by atoms with Crippen LogP contribution in [0.2, 0.25) is 0 Å². The minimum atomic E-state index is 0.0490. The highest BCUT2D eigenvalue weighted by Crippen LogP contribution is 2.33. The van der Waals surface area contributed by atoms with Gasteiger partial charge in [0.1, 0.15) is 0 Å². The van der Waals surface area contributed by atoms with E-state index >= 15 is 0 Å². The molecule has 19 heavy (non-hydrogen) atoms. The number of nitrogens with one attached hydrogen (secondary N) is 1. The second-order valence-corrected chi connectivity index (χ2v) is 6.34. The summed E-state index contributed by atoms with van der Waals surface area (Å²) in [5, 5.41) is 3.59. The fourth-order valence-corrected chi connectivity index (χ4v) is 3.87. The van der Waals surface area contributed by atoms with Crippen LogP contribution in [0.25, 0.3) is 0 Å². The minimum absolute atomic E-state index is 0.0490. The van der Waals surface area contributed by atoms with Crippen molar-refractivity contribution in [3.63, 3.8) is 0 Å². The van der Waals surface area contributed by atoms with Crippen molar-refractivity contribution in [2.45, 2.75) is 57.7 Å². The Morgan fingerprint density at radius 2 is 2.11 bits per heavy atom. The first kappa shape index (κ1) is 13.4. The molecular formula is C15H26N2O2. The van der Waals surface area contributed by atoms with Crippen molar-refractivity contribution in [3.8, 4) is 0 Å². The van der Waals surface area contributed by atoms with Gasteiger partial charge in [-0.1, -0.05) is 19.8 Å². The maximum absolute atomic E-state index is 12.5. The van der Waals surface area contributed by atoms with Gasteiger partial charge in [-0.05, 0) is 31.6 Å². The lowest BCUT2D eigenvalue weighted by Gasteiger charge is -2.30. The van der Waals surface area contributed by atoms with Crippen LogP contribution in [0.5, 0.6) is 0 Å². The molecule has 4 nitrogen and oxygen atoms in total. The average Bonchev–Trinajstić information content (AvgIpc) is 3.13. The molecule has 0 aromatic carbocycles. The molecule has 3 fully saturated rings. The van der Waals surface area contributed by atoms with E-state index in [0.717, 1.165) is 32.6 Å². The largest absolute Gasteiger partial charge is 0.381 e. The molecule has 3 rings (SSSR count). The van der Waals surface area contributed by atoms with E-state index in [-0.39, 0.29) is 6.04 Å². The molecule has 3 aliphatic rings. The van der Waals surface area contributed by atoms with Crippen LogP contribution in [0.4, 0.5) is 0 Å². The first-order chi connectivity index (χ1) is 9.29. The smallest absolute Gasteiger partial charge is 0.241 e. The van der Waals surface area contributed by atoms with Gasteiger partial charge in [0.15, 0.2) is 0 Å². The minimum Gasteiger partial charge on any atom is -0.381 e. The maximum Gasteiger partial charge on any atom is 0.241 e. The number of hydrogen-bond donors (Lipinski definition) is 1. The zero-order valence-electron chi connectivity index (χ0n) is 11.9. The first-order valence-electron chi connectivity index (χ1n) is 7.94. The Morgan fingerprint density at radius 1 is 1.32 bits per heavy atom. The molecule has 2 saturated heterocycles. The third-order valence-corrected chi connectivity index (χ3v) is 5.02. The molecule has 108 valence electrons. The van der Waals surface area contributed by atoms with E-state index in [1.165, 1.54) is 25.7 Å². The summed E-state index contributed by atoms with van der Waals surface area (Å²) in [7, 11) is 0. The number of carbonyl (C=O) groups excluding carboxylic acids is 1. The molecule has 0 spiro atoms. The van der Waals surface area contributed by atoms with Gasteiger partial charge < -0.3 is 9.64 Å². The number of ether oxygens (including phenoxy) is 1. The number of carbonyl (C=O) groups is 1. The van der Waals surface area contributed by atoms with E-state index in [1.54, 1.807) is 0 Å². The summed E-state index contributed by atoms with van der Waals surface area (Å²) < 4.78 is 5.46. The molecule has 1 aliphatic carbocycles. The van der Waals surface area contributed by atoms with E-state index < -0.39 is 0 Å². The summed E-state index contributed by atoms with van der Waals surface area (Å²) in [5.74, 6) is 1.54. The third-order valence-electron chi connectivity index (χ3n) is 5.02. The van der Waals surface area contributed by atoms with Gasteiger partial charge in [0.05, 0.1) is 18.8 Å². The Labute approximate surface area is 115 Å². The monoisotopic (exact) mass is 266 g/mol. The zero-order valence-corrected chi connectivity index (χ0v) is 11.9. The van der Waals surface area contributed by atoms with Crippen LogP contribution in [-0.4, -0.2) is 42.8 Å². The topological polar surface area (TPSA) is 41.6 Å². The predicted molar refractivity (Wildman–Crippen MR) is 73.6 cm³/mol. The summed E-state index contributed by atoms with van der Waals surface area (Å²) in [4.78, 5) is 14.7. The van der Waals surface area contributed by atoms with Crippen LogP contribution in [0.15, 0.2) is 0 Å². The third kappa shape index (κ3) is 2.65. The number of hydrogen-bond acceptors (Lipinski definition) is 3. The molecule has 2 aliphatic heterocycles. The molecule has 3 atom stereocenters. The van der Waals surface area contributed by atoms with Crippen molar-refractivity contribution in [2.24, 2.45) is 11.8 Å². The van der Waals surface area contributed by atoms with Crippen molar-refractivity contribution in [1.29, 1.82) is 0 Å². The van der Waals surface area contributed by atoms with Gasteiger partial charge in [-0.15, -0.1) is 0 Å². The molecule has 1 saturated carbocycles. The van der Waals surface area contributed by atoms with E-state index in [0.29, 0.717) is 23.9 Å². The zero-order chi connectivity index (χ0) is 13.2. The standard InChI is InChI=1S/C15H26N2O2/c1-2-13-15(18)17(9-11-7-8-19-10-11)14(16-13)12-5-3-4-6-12/h11-14,16H,2-10H2,1H3. The highest BCUT2D eigenvalue weighted by molar-refractivity contribution is 5.84. The molecule has 1 amide bonds. The number of amides is 1. The molecular weight excluding hydrogens is 240 g/mol. The second kappa shape index (κ2) is 5.80. The van der Waals surface area contributed by atoms with Crippen molar-refractivity contribution in [2.75, 3.05) is 19.8 Å². The van der Waals surface area contributed by atoms with E-state index in [9.17, 15) is 4.79 Å².